The van der Waals surface area contributed by atoms with Crippen LogP contribution >= 0.6 is 11.6 Å². The smallest absolute Gasteiger partial charge is 0.180 e. The summed E-state index contributed by atoms with van der Waals surface area (Å²) in [6, 6.07) is 19.3. The van der Waals surface area contributed by atoms with E-state index in [-0.39, 0.29) is 12.4 Å². The number of aliphatic hydroxyl groups is 1. The zero-order chi connectivity index (χ0) is 21.3. The molecule has 0 bridgehead atoms. The number of rotatable bonds is 10. The largest absolute Gasteiger partial charge is 0.490 e. The number of ether oxygens (including phenoxy) is 2. The van der Waals surface area contributed by atoms with Crippen molar-refractivity contribution in [2.45, 2.75) is 26.2 Å². The average molecular weight is 430 g/mol. The first kappa shape index (κ1) is 22.1. The molecule has 30 heavy (non-hydrogen) atoms. The van der Waals surface area contributed by atoms with E-state index in [9.17, 15) is 9.50 Å². The molecule has 1 unspecified atom stereocenters. The van der Waals surface area contributed by atoms with Gasteiger partial charge in [0.25, 0.3) is 0 Å². The molecule has 0 radical (unpaired) electrons. The van der Waals surface area contributed by atoms with E-state index < -0.39 is 6.10 Å². The van der Waals surface area contributed by atoms with Crippen molar-refractivity contribution in [2.24, 2.45) is 0 Å². The van der Waals surface area contributed by atoms with Crippen LogP contribution in [0.25, 0.3) is 0 Å². The Morgan fingerprint density at radius 2 is 1.73 bits per heavy atom. The third-order valence-electron chi connectivity index (χ3n) is 4.52. The van der Waals surface area contributed by atoms with Gasteiger partial charge in [0.2, 0.25) is 0 Å². The van der Waals surface area contributed by atoms with E-state index >= 15 is 0 Å². The van der Waals surface area contributed by atoms with Crippen LogP contribution in [0.2, 0.25) is 5.02 Å². The maximum absolute atomic E-state index is 13.1. The summed E-state index contributed by atoms with van der Waals surface area (Å²) >= 11 is 6.46. The lowest BCUT2D eigenvalue weighted by molar-refractivity contribution is 0.174. The minimum atomic E-state index is -0.591. The Morgan fingerprint density at radius 1 is 1.00 bits per heavy atom. The van der Waals surface area contributed by atoms with E-state index in [2.05, 4.69) is 5.32 Å². The zero-order valence-electron chi connectivity index (χ0n) is 16.8. The Labute approximate surface area is 181 Å². The third kappa shape index (κ3) is 6.20. The molecule has 2 N–H and O–H groups in total. The Bertz CT molecular complexity index is 935. The van der Waals surface area contributed by atoms with Crippen LogP contribution in [-0.2, 0) is 13.2 Å². The highest BCUT2D eigenvalue weighted by Gasteiger charge is 2.14. The molecular formula is C24H25ClFNO3. The monoisotopic (exact) mass is 429 g/mol. The third-order valence-corrected chi connectivity index (χ3v) is 4.80. The molecule has 0 aromatic heterocycles. The lowest BCUT2D eigenvalue weighted by Gasteiger charge is -2.16. The van der Waals surface area contributed by atoms with Crippen molar-refractivity contribution in [1.82, 2.24) is 5.32 Å². The van der Waals surface area contributed by atoms with Crippen molar-refractivity contribution in [3.05, 3.63) is 94.3 Å². The molecule has 4 nitrogen and oxygen atoms in total. The van der Waals surface area contributed by atoms with Crippen molar-refractivity contribution >= 4 is 11.6 Å². The second-order valence-corrected chi connectivity index (χ2v) is 7.22. The normalized spacial score (nSPS) is 11.9. The van der Waals surface area contributed by atoms with Gasteiger partial charge in [-0.3, -0.25) is 0 Å². The molecule has 3 aromatic rings. The van der Waals surface area contributed by atoms with Gasteiger partial charge in [-0.05, 0) is 47.9 Å². The fraction of sp³-hybridized carbons (Fsp3) is 0.250. The molecule has 0 amide bonds. The number of hydrogen-bond donors (Lipinski definition) is 2. The first-order valence-electron chi connectivity index (χ1n) is 9.83. The Balaban J connectivity index is 1.64. The number of nitrogens with one attached hydrogen (secondary N) is 1. The zero-order valence-corrected chi connectivity index (χ0v) is 17.5. The topological polar surface area (TPSA) is 50.7 Å². The molecule has 0 aliphatic rings. The van der Waals surface area contributed by atoms with Gasteiger partial charge in [0.15, 0.2) is 11.5 Å². The van der Waals surface area contributed by atoms with Crippen molar-refractivity contribution in [3.8, 4) is 11.5 Å². The summed E-state index contributed by atoms with van der Waals surface area (Å²) in [6.07, 6.45) is -0.591. The van der Waals surface area contributed by atoms with Gasteiger partial charge in [-0.1, -0.05) is 54.1 Å². The number of halogens is 2. The summed E-state index contributed by atoms with van der Waals surface area (Å²) in [4.78, 5) is 0. The lowest BCUT2D eigenvalue weighted by atomic mass is 10.1. The van der Waals surface area contributed by atoms with Crippen LogP contribution in [0.4, 0.5) is 4.39 Å². The lowest BCUT2D eigenvalue weighted by Crippen LogP contribution is -2.21. The summed E-state index contributed by atoms with van der Waals surface area (Å²) in [5.74, 6) is 0.712. The molecule has 6 heteroatoms. The van der Waals surface area contributed by atoms with Crippen LogP contribution in [-0.4, -0.2) is 18.3 Å². The van der Waals surface area contributed by atoms with E-state index in [4.69, 9.17) is 21.1 Å². The first-order chi connectivity index (χ1) is 14.6. The van der Waals surface area contributed by atoms with Gasteiger partial charge in [-0.2, -0.15) is 0 Å². The quantitative estimate of drug-likeness (QED) is 0.460. The van der Waals surface area contributed by atoms with Crippen LogP contribution in [0.15, 0.2) is 66.7 Å². The molecule has 0 fully saturated rings. The van der Waals surface area contributed by atoms with Gasteiger partial charge in [0.05, 0.1) is 17.7 Å². The molecule has 3 aromatic carbocycles. The van der Waals surface area contributed by atoms with Crippen molar-refractivity contribution in [2.75, 3.05) is 13.2 Å². The summed E-state index contributed by atoms with van der Waals surface area (Å²) in [6.45, 7) is 3.53. The number of hydrogen-bond acceptors (Lipinski definition) is 4. The predicted molar refractivity (Wildman–Crippen MR) is 116 cm³/mol. The summed E-state index contributed by atoms with van der Waals surface area (Å²) in [5, 5.41) is 13.9. The average Bonchev–Trinajstić information content (AvgIpc) is 2.75. The van der Waals surface area contributed by atoms with Gasteiger partial charge >= 0.3 is 0 Å². The summed E-state index contributed by atoms with van der Waals surface area (Å²) in [7, 11) is 0. The highest BCUT2D eigenvalue weighted by molar-refractivity contribution is 6.32. The summed E-state index contributed by atoms with van der Waals surface area (Å²) < 4.78 is 24.6. The second kappa shape index (κ2) is 11.0. The maximum atomic E-state index is 13.1. The van der Waals surface area contributed by atoms with Crippen LogP contribution < -0.4 is 14.8 Å². The van der Waals surface area contributed by atoms with Gasteiger partial charge in [0.1, 0.15) is 12.4 Å². The van der Waals surface area contributed by atoms with Crippen LogP contribution in [0.1, 0.15) is 29.7 Å². The minimum absolute atomic E-state index is 0.251. The maximum Gasteiger partial charge on any atom is 0.180 e. The van der Waals surface area contributed by atoms with Gasteiger partial charge < -0.3 is 19.9 Å². The minimum Gasteiger partial charge on any atom is -0.490 e. The SMILES string of the molecule is CCOc1cc(CNCC(O)c2ccccc2)cc(Cl)c1OCc1ccc(F)cc1. The molecule has 0 aliphatic heterocycles. The van der Waals surface area contributed by atoms with Crippen LogP contribution in [0.3, 0.4) is 0 Å². The van der Waals surface area contributed by atoms with E-state index in [1.54, 1.807) is 12.1 Å². The van der Waals surface area contributed by atoms with Gasteiger partial charge in [-0.25, -0.2) is 4.39 Å². The first-order valence-corrected chi connectivity index (χ1v) is 10.2. The molecule has 0 heterocycles. The van der Waals surface area contributed by atoms with Crippen molar-refractivity contribution in [3.63, 3.8) is 0 Å². The van der Waals surface area contributed by atoms with Crippen molar-refractivity contribution in [1.29, 1.82) is 0 Å². The van der Waals surface area contributed by atoms with E-state index in [1.165, 1.54) is 12.1 Å². The van der Waals surface area contributed by atoms with Crippen LogP contribution in [0.5, 0.6) is 11.5 Å². The van der Waals surface area contributed by atoms with E-state index in [0.717, 1.165) is 16.7 Å². The molecule has 3 rings (SSSR count). The number of benzene rings is 3. The highest BCUT2D eigenvalue weighted by Crippen LogP contribution is 2.37. The number of aliphatic hydroxyl groups excluding tert-OH is 1. The van der Waals surface area contributed by atoms with E-state index in [1.807, 2.05) is 49.4 Å². The molecule has 0 aliphatic carbocycles. The molecule has 0 spiro atoms. The molecule has 0 saturated heterocycles. The van der Waals surface area contributed by atoms with Gasteiger partial charge in [0, 0.05) is 13.1 Å². The summed E-state index contributed by atoms with van der Waals surface area (Å²) in [5.41, 5.74) is 2.61. The van der Waals surface area contributed by atoms with Gasteiger partial charge in [-0.15, -0.1) is 0 Å². The van der Waals surface area contributed by atoms with Crippen LogP contribution in [0, 0.1) is 5.82 Å². The molecular weight excluding hydrogens is 405 g/mol. The molecule has 158 valence electrons. The predicted octanol–water partition coefficient (Wildman–Crippen LogP) is 5.28. The fourth-order valence-corrected chi connectivity index (χ4v) is 3.30. The van der Waals surface area contributed by atoms with E-state index in [0.29, 0.717) is 36.2 Å². The fourth-order valence-electron chi connectivity index (χ4n) is 3.01. The highest BCUT2D eigenvalue weighted by atomic mass is 35.5. The molecule has 1 atom stereocenters. The standard InChI is InChI=1S/C24H25ClFNO3/c1-2-29-23-13-18(14-27-15-22(28)19-6-4-3-5-7-19)12-21(25)24(23)30-16-17-8-10-20(26)11-9-17/h3-13,22,27-28H,2,14-16H2,1H3. The van der Waals surface area contributed by atoms with Crippen molar-refractivity contribution < 1.29 is 19.0 Å². The Morgan fingerprint density at radius 3 is 2.43 bits per heavy atom. The molecule has 0 saturated carbocycles. The second-order valence-electron chi connectivity index (χ2n) is 6.81. The Kier molecular flexibility index (Phi) is 8.08. The Hall–Kier alpha value is -2.60.